The van der Waals surface area contributed by atoms with Gasteiger partial charge >= 0.3 is 0 Å². The predicted molar refractivity (Wildman–Crippen MR) is 88.2 cm³/mol. The quantitative estimate of drug-likeness (QED) is 0.767. The molecule has 128 valence electrons. The molecule has 2 rings (SSSR count). The van der Waals surface area contributed by atoms with E-state index in [1.165, 1.54) is 12.7 Å². The smallest absolute Gasteiger partial charge is 0.289 e. The summed E-state index contributed by atoms with van der Waals surface area (Å²) < 4.78 is 5.14. The first-order valence-electron chi connectivity index (χ1n) is 8.41. The van der Waals surface area contributed by atoms with Gasteiger partial charge in [-0.05, 0) is 32.1 Å². The molecule has 1 fully saturated rings. The van der Waals surface area contributed by atoms with E-state index in [9.17, 15) is 9.59 Å². The molecule has 1 aromatic heterocycles. The molecule has 0 aliphatic carbocycles. The molecule has 0 aromatic carbocycles. The summed E-state index contributed by atoms with van der Waals surface area (Å²) in [6.07, 6.45) is 4.39. The summed E-state index contributed by atoms with van der Waals surface area (Å²) in [7, 11) is 2.06. The van der Waals surface area contributed by atoms with Crippen molar-refractivity contribution < 1.29 is 14.0 Å². The molecule has 1 saturated heterocycles. The fourth-order valence-electron chi connectivity index (χ4n) is 2.70. The Balaban J connectivity index is 1.71. The summed E-state index contributed by atoms with van der Waals surface area (Å²) in [5.41, 5.74) is 0. The van der Waals surface area contributed by atoms with Crippen molar-refractivity contribution >= 4 is 11.8 Å². The standard InChI is InChI=1S/C17H27N3O3/c1-3-4-8-18(2)9-7-16(21)19-10-12-20(13-11-19)17(22)15-6-5-14-23-15/h5-6,14H,3-4,7-13H2,1-2H3. The maximum absolute atomic E-state index is 12.3. The van der Waals surface area contributed by atoms with E-state index in [0.29, 0.717) is 38.4 Å². The van der Waals surface area contributed by atoms with Gasteiger partial charge in [-0.2, -0.15) is 0 Å². The van der Waals surface area contributed by atoms with Crippen LogP contribution < -0.4 is 0 Å². The Labute approximate surface area is 138 Å². The van der Waals surface area contributed by atoms with Gasteiger partial charge in [0.15, 0.2) is 5.76 Å². The topological polar surface area (TPSA) is 57.0 Å². The van der Waals surface area contributed by atoms with Crippen LogP contribution in [-0.4, -0.2) is 72.8 Å². The van der Waals surface area contributed by atoms with Crippen LogP contribution in [0.15, 0.2) is 22.8 Å². The van der Waals surface area contributed by atoms with Crippen LogP contribution >= 0.6 is 0 Å². The average molecular weight is 321 g/mol. The number of carbonyl (C=O) groups excluding carboxylic acids is 2. The molecule has 0 saturated carbocycles. The van der Waals surface area contributed by atoms with E-state index < -0.39 is 0 Å². The average Bonchev–Trinajstić information content (AvgIpc) is 3.11. The van der Waals surface area contributed by atoms with Gasteiger partial charge in [-0.1, -0.05) is 13.3 Å². The summed E-state index contributed by atoms with van der Waals surface area (Å²) in [5, 5.41) is 0. The third kappa shape index (κ3) is 5.10. The minimum Gasteiger partial charge on any atom is -0.459 e. The van der Waals surface area contributed by atoms with Crippen LogP contribution in [0.2, 0.25) is 0 Å². The maximum Gasteiger partial charge on any atom is 0.289 e. The van der Waals surface area contributed by atoms with Crippen LogP contribution in [0.25, 0.3) is 0 Å². The third-order valence-electron chi connectivity index (χ3n) is 4.25. The summed E-state index contributed by atoms with van der Waals surface area (Å²) in [6.45, 7) is 6.34. The van der Waals surface area contributed by atoms with Gasteiger partial charge in [0.05, 0.1) is 6.26 Å². The molecule has 6 nitrogen and oxygen atoms in total. The van der Waals surface area contributed by atoms with Gasteiger partial charge in [-0.3, -0.25) is 9.59 Å². The molecule has 0 radical (unpaired) electrons. The van der Waals surface area contributed by atoms with Gasteiger partial charge in [0, 0.05) is 39.1 Å². The van der Waals surface area contributed by atoms with Crippen molar-refractivity contribution in [1.29, 1.82) is 0 Å². The largest absolute Gasteiger partial charge is 0.459 e. The van der Waals surface area contributed by atoms with Crippen LogP contribution in [0.1, 0.15) is 36.7 Å². The number of hydrogen-bond donors (Lipinski definition) is 0. The number of carbonyl (C=O) groups is 2. The minimum absolute atomic E-state index is 0.0959. The van der Waals surface area contributed by atoms with E-state index in [2.05, 4.69) is 18.9 Å². The fraction of sp³-hybridized carbons (Fsp3) is 0.647. The van der Waals surface area contributed by atoms with Crippen molar-refractivity contribution in [3.8, 4) is 0 Å². The van der Waals surface area contributed by atoms with Crippen molar-refractivity contribution in [2.24, 2.45) is 0 Å². The minimum atomic E-state index is -0.0959. The van der Waals surface area contributed by atoms with E-state index >= 15 is 0 Å². The molecule has 0 atom stereocenters. The highest BCUT2D eigenvalue weighted by Crippen LogP contribution is 2.10. The molecule has 6 heteroatoms. The van der Waals surface area contributed by atoms with Gasteiger partial charge in [-0.15, -0.1) is 0 Å². The Morgan fingerprint density at radius 2 is 1.87 bits per heavy atom. The highest BCUT2D eigenvalue weighted by Gasteiger charge is 2.25. The number of hydrogen-bond acceptors (Lipinski definition) is 4. The Hall–Kier alpha value is -1.82. The molecule has 0 bridgehead atoms. The summed E-state index contributed by atoms with van der Waals surface area (Å²) >= 11 is 0. The first-order valence-corrected chi connectivity index (χ1v) is 8.41. The lowest BCUT2D eigenvalue weighted by Crippen LogP contribution is -2.50. The van der Waals surface area contributed by atoms with Crippen LogP contribution in [-0.2, 0) is 4.79 Å². The van der Waals surface area contributed by atoms with Crippen molar-refractivity contribution in [3.05, 3.63) is 24.2 Å². The molecule has 0 spiro atoms. The lowest BCUT2D eigenvalue weighted by molar-refractivity contribution is -0.133. The SMILES string of the molecule is CCCCN(C)CCC(=O)N1CCN(C(=O)c2ccco2)CC1. The predicted octanol–water partition coefficient (Wildman–Crippen LogP) is 1.69. The zero-order chi connectivity index (χ0) is 16.7. The lowest BCUT2D eigenvalue weighted by atomic mass is 10.2. The Kier molecular flexibility index (Phi) is 6.65. The number of nitrogens with zero attached hydrogens (tertiary/aromatic N) is 3. The molecule has 2 heterocycles. The van der Waals surface area contributed by atoms with Crippen molar-refractivity contribution in [2.75, 3.05) is 46.3 Å². The first kappa shape index (κ1) is 17.5. The third-order valence-corrected chi connectivity index (χ3v) is 4.25. The van der Waals surface area contributed by atoms with E-state index in [1.807, 2.05) is 4.90 Å². The first-order chi connectivity index (χ1) is 11.1. The number of unbranched alkanes of at least 4 members (excludes halogenated alkanes) is 1. The lowest BCUT2D eigenvalue weighted by Gasteiger charge is -2.34. The Bertz CT molecular complexity index is 493. The highest BCUT2D eigenvalue weighted by atomic mass is 16.3. The van der Waals surface area contributed by atoms with E-state index in [-0.39, 0.29) is 11.8 Å². The van der Waals surface area contributed by atoms with Crippen molar-refractivity contribution in [3.63, 3.8) is 0 Å². The molecular weight excluding hydrogens is 294 g/mol. The van der Waals surface area contributed by atoms with Crippen LogP contribution in [0.3, 0.4) is 0 Å². The molecule has 1 aliphatic heterocycles. The zero-order valence-electron chi connectivity index (χ0n) is 14.2. The molecular formula is C17H27N3O3. The van der Waals surface area contributed by atoms with Crippen molar-refractivity contribution in [2.45, 2.75) is 26.2 Å². The molecule has 0 N–H and O–H groups in total. The normalized spacial score (nSPS) is 15.3. The molecule has 1 aromatic rings. The Morgan fingerprint density at radius 3 is 2.48 bits per heavy atom. The van der Waals surface area contributed by atoms with Gasteiger partial charge in [-0.25, -0.2) is 0 Å². The molecule has 23 heavy (non-hydrogen) atoms. The zero-order valence-corrected chi connectivity index (χ0v) is 14.2. The van der Waals surface area contributed by atoms with E-state index in [4.69, 9.17) is 4.42 Å². The van der Waals surface area contributed by atoms with E-state index in [0.717, 1.165) is 19.5 Å². The van der Waals surface area contributed by atoms with Gasteiger partial charge < -0.3 is 19.1 Å². The van der Waals surface area contributed by atoms with Crippen LogP contribution in [0.5, 0.6) is 0 Å². The van der Waals surface area contributed by atoms with Gasteiger partial charge in [0.25, 0.3) is 5.91 Å². The second-order valence-corrected chi connectivity index (χ2v) is 6.06. The summed E-state index contributed by atoms with van der Waals surface area (Å²) in [5.74, 6) is 0.446. The summed E-state index contributed by atoms with van der Waals surface area (Å²) in [4.78, 5) is 30.2. The second-order valence-electron chi connectivity index (χ2n) is 6.06. The van der Waals surface area contributed by atoms with Crippen LogP contribution in [0.4, 0.5) is 0 Å². The fourth-order valence-corrected chi connectivity index (χ4v) is 2.70. The molecule has 1 aliphatic rings. The number of piperazine rings is 1. The summed E-state index contributed by atoms with van der Waals surface area (Å²) in [6, 6.07) is 3.38. The monoisotopic (exact) mass is 321 g/mol. The molecule has 0 unspecified atom stereocenters. The maximum atomic E-state index is 12.3. The van der Waals surface area contributed by atoms with E-state index in [1.54, 1.807) is 17.0 Å². The second kappa shape index (κ2) is 8.72. The highest BCUT2D eigenvalue weighted by molar-refractivity contribution is 5.91. The number of furan rings is 1. The van der Waals surface area contributed by atoms with Gasteiger partial charge in [0.1, 0.15) is 0 Å². The number of amides is 2. The number of rotatable bonds is 7. The van der Waals surface area contributed by atoms with Crippen LogP contribution in [0, 0.1) is 0 Å². The Morgan fingerprint density at radius 1 is 1.17 bits per heavy atom. The molecule has 2 amide bonds. The van der Waals surface area contributed by atoms with Gasteiger partial charge in [0.2, 0.25) is 5.91 Å². The van der Waals surface area contributed by atoms with Crippen molar-refractivity contribution in [1.82, 2.24) is 14.7 Å².